The van der Waals surface area contributed by atoms with E-state index in [1.807, 2.05) is 26.8 Å². The minimum Gasteiger partial charge on any atom is -0.0683 e. The van der Waals surface area contributed by atoms with E-state index in [2.05, 4.69) is 31.9 Å². The first-order valence-corrected chi connectivity index (χ1v) is 3.83. The molecule has 0 aliphatic heterocycles. The van der Waals surface area contributed by atoms with Crippen LogP contribution in [0.1, 0.15) is 20.8 Å². The van der Waals surface area contributed by atoms with Crippen LogP contribution in [0.4, 0.5) is 0 Å². The van der Waals surface area contributed by atoms with Crippen LogP contribution in [0.15, 0.2) is 9.47 Å². The van der Waals surface area contributed by atoms with Gasteiger partial charge in [0.05, 0.1) is 3.39 Å². The molecule has 7 heavy (non-hydrogen) atoms. The predicted molar refractivity (Wildman–Crippen MR) is 43.0 cm³/mol. The van der Waals surface area contributed by atoms with Crippen molar-refractivity contribution in [2.75, 3.05) is 0 Å². The van der Waals surface area contributed by atoms with Crippen molar-refractivity contribution in [3.05, 3.63) is 9.47 Å². The second kappa shape index (κ2) is 9.85. The summed E-state index contributed by atoms with van der Waals surface area (Å²) in [5, 5.41) is 0. The number of rotatable bonds is 0. The molecular formula is C5H10Br2. The normalized spacial score (nSPS) is 5.86. The van der Waals surface area contributed by atoms with Crippen LogP contribution in [0.2, 0.25) is 0 Å². The maximum atomic E-state index is 3.15. The third-order valence-electron chi connectivity index (χ3n) is 0.218. The smallest absolute Gasteiger partial charge is 0.0561 e. The highest BCUT2D eigenvalue weighted by atomic mass is 79.9. The van der Waals surface area contributed by atoms with Gasteiger partial charge in [0.1, 0.15) is 0 Å². The van der Waals surface area contributed by atoms with E-state index in [1.54, 1.807) is 0 Å². The fraction of sp³-hybridized carbons (Fsp3) is 0.600. The Balaban J connectivity index is 0. The molecule has 0 rings (SSSR count). The molecule has 0 atom stereocenters. The van der Waals surface area contributed by atoms with Crippen LogP contribution in [-0.4, -0.2) is 0 Å². The summed E-state index contributed by atoms with van der Waals surface area (Å²) in [7, 11) is 0. The molecule has 0 fully saturated rings. The molecular weight excluding hydrogens is 220 g/mol. The van der Waals surface area contributed by atoms with Gasteiger partial charge < -0.3 is 0 Å². The van der Waals surface area contributed by atoms with Crippen molar-refractivity contribution in [3.8, 4) is 0 Å². The largest absolute Gasteiger partial charge is 0.0683 e. The number of hydrogen-bond donors (Lipinski definition) is 0. The average Bonchev–Trinajstić information content (AvgIpc) is 1.73. The van der Waals surface area contributed by atoms with Gasteiger partial charge in [-0.25, -0.2) is 0 Å². The van der Waals surface area contributed by atoms with Crippen LogP contribution in [0.25, 0.3) is 0 Å². The molecule has 0 aliphatic carbocycles. The second-order valence-corrected chi connectivity index (χ2v) is 3.35. The van der Waals surface area contributed by atoms with Crippen molar-refractivity contribution < 1.29 is 0 Å². The summed E-state index contributed by atoms with van der Waals surface area (Å²) in [5.41, 5.74) is 0. The fourth-order valence-corrected chi connectivity index (χ4v) is 0. The molecule has 0 saturated carbocycles. The average molecular weight is 230 g/mol. The van der Waals surface area contributed by atoms with E-state index in [0.717, 1.165) is 3.39 Å². The zero-order valence-corrected chi connectivity index (χ0v) is 8.01. The quantitative estimate of drug-likeness (QED) is 0.595. The minimum atomic E-state index is 1.00. The molecule has 0 amide bonds. The first-order valence-electron chi connectivity index (χ1n) is 2.24. The molecule has 0 N–H and O–H groups in total. The van der Waals surface area contributed by atoms with Gasteiger partial charge in [0.25, 0.3) is 0 Å². The Morgan fingerprint density at radius 3 is 1.43 bits per heavy atom. The lowest BCUT2D eigenvalue weighted by Gasteiger charge is -1.67. The number of allylic oxidation sites excluding steroid dienone is 1. The zero-order chi connectivity index (χ0) is 6.28. The van der Waals surface area contributed by atoms with E-state index in [9.17, 15) is 0 Å². The van der Waals surface area contributed by atoms with E-state index >= 15 is 0 Å². The van der Waals surface area contributed by atoms with Gasteiger partial charge in [0, 0.05) is 0 Å². The first-order chi connectivity index (χ1) is 3.27. The van der Waals surface area contributed by atoms with Gasteiger partial charge in [0.15, 0.2) is 0 Å². The predicted octanol–water partition coefficient (Wildman–Crippen LogP) is 3.66. The Morgan fingerprint density at radius 2 is 1.43 bits per heavy atom. The summed E-state index contributed by atoms with van der Waals surface area (Å²) in [6.45, 7) is 5.94. The molecule has 0 aromatic rings. The zero-order valence-electron chi connectivity index (χ0n) is 4.83. The molecule has 0 aromatic heterocycles. The Morgan fingerprint density at radius 1 is 1.29 bits per heavy atom. The fourth-order valence-electron chi connectivity index (χ4n) is 0. The van der Waals surface area contributed by atoms with E-state index in [1.165, 1.54) is 0 Å². The Kier molecular flexibility index (Phi) is 15.0. The Bertz CT molecular complexity index is 44.0. The van der Waals surface area contributed by atoms with Gasteiger partial charge in [0.2, 0.25) is 0 Å². The SMILES string of the molecule is CC.CC=C(Br)Br. The maximum absolute atomic E-state index is 3.15. The summed E-state index contributed by atoms with van der Waals surface area (Å²) in [4.78, 5) is 0. The molecule has 0 heterocycles. The molecule has 0 unspecified atom stereocenters. The minimum absolute atomic E-state index is 1.00. The summed E-state index contributed by atoms with van der Waals surface area (Å²) < 4.78 is 1.00. The monoisotopic (exact) mass is 228 g/mol. The van der Waals surface area contributed by atoms with Crippen molar-refractivity contribution >= 4 is 31.9 Å². The van der Waals surface area contributed by atoms with Gasteiger partial charge in [-0.3, -0.25) is 0 Å². The molecule has 0 radical (unpaired) electrons. The Labute approximate surface area is 62.3 Å². The maximum Gasteiger partial charge on any atom is 0.0561 e. The van der Waals surface area contributed by atoms with E-state index < -0.39 is 0 Å². The van der Waals surface area contributed by atoms with Crippen molar-refractivity contribution in [1.29, 1.82) is 0 Å². The Hall–Kier alpha value is 0.700. The highest BCUT2D eigenvalue weighted by Gasteiger charge is 1.67. The van der Waals surface area contributed by atoms with Crippen LogP contribution in [0, 0.1) is 0 Å². The lowest BCUT2D eigenvalue weighted by atomic mass is 10.8. The standard InChI is InChI=1S/C3H4Br2.C2H6/c1-2-3(4)5;1-2/h2H,1H3;1-2H3. The lowest BCUT2D eigenvalue weighted by Crippen LogP contribution is -1.35. The highest BCUT2D eigenvalue weighted by Crippen LogP contribution is 2.10. The van der Waals surface area contributed by atoms with Crippen molar-refractivity contribution in [2.24, 2.45) is 0 Å². The number of halogens is 2. The van der Waals surface area contributed by atoms with Crippen LogP contribution in [-0.2, 0) is 0 Å². The summed E-state index contributed by atoms with van der Waals surface area (Å²) >= 11 is 6.30. The molecule has 2 heteroatoms. The van der Waals surface area contributed by atoms with E-state index in [-0.39, 0.29) is 0 Å². The molecule has 44 valence electrons. The first kappa shape index (κ1) is 10.6. The number of hydrogen-bond acceptors (Lipinski definition) is 0. The van der Waals surface area contributed by atoms with Gasteiger partial charge in [-0.15, -0.1) is 0 Å². The van der Waals surface area contributed by atoms with Crippen LogP contribution < -0.4 is 0 Å². The summed E-state index contributed by atoms with van der Waals surface area (Å²) in [5.74, 6) is 0. The van der Waals surface area contributed by atoms with Gasteiger partial charge in [-0.1, -0.05) is 19.9 Å². The molecule has 0 aliphatic rings. The molecule has 0 bridgehead atoms. The molecule has 0 saturated heterocycles. The van der Waals surface area contributed by atoms with Crippen LogP contribution in [0.5, 0.6) is 0 Å². The topological polar surface area (TPSA) is 0 Å². The van der Waals surface area contributed by atoms with Crippen LogP contribution in [0.3, 0.4) is 0 Å². The van der Waals surface area contributed by atoms with Crippen molar-refractivity contribution in [2.45, 2.75) is 20.8 Å². The van der Waals surface area contributed by atoms with Crippen molar-refractivity contribution in [1.82, 2.24) is 0 Å². The molecule has 0 aromatic carbocycles. The van der Waals surface area contributed by atoms with E-state index in [4.69, 9.17) is 0 Å². The molecule has 0 nitrogen and oxygen atoms in total. The highest BCUT2D eigenvalue weighted by molar-refractivity contribution is 9.28. The third-order valence-corrected chi connectivity index (χ3v) is 1.13. The second-order valence-electron chi connectivity index (χ2n) is 0.578. The van der Waals surface area contributed by atoms with Crippen LogP contribution >= 0.6 is 31.9 Å². The lowest BCUT2D eigenvalue weighted by molar-refractivity contribution is 1.50. The summed E-state index contributed by atoms with van der Waals surface area (Å²) in [6, 6.07) is 0. The van der Waals surface area contributed by atoms with Gasteiger partial charge in [-0.05, 0) is 38.8 Å². The molecule has 0 spiro atoms. The van der Waals surface area contributed by atoms with Gasteiger partial charge >= 0.3 is 0 Å². The summed E-state index contributed by atoms with van der Waals surface area (Å²) in [6.07, 6.45) is 1.92. The van der Waals surface area contributed by atoms with Crippen molar-refractivity contribution in [3.63, 3.8) is 0 Å². The third kappa shape index (κ3) is 20.3. The van der Waals surface area contributed by atoms with Gasteiger partial charge in [-0.2, -0.15) is 0 Å². The van der Waals surface area contributed by atoms with E-state index in [0.29, 0.717) is 0 Å².